The molecule has 0 spiro atoms. The van der Waals surface area contributed by atoms with Crippen LogP contribution in [0.4, 0.5) is 4.79 Å². The molecule has 0 aliphatic heterocycles. The molecule has 3 aromatic rings. The van der Waals surface area contributed by atoms with Gasteiger partial charge in [-0.05, 0) is 43.2 Å². The van der Waals surface area contributed by atoms with Crippen LogP contribution in [0.1, 0.15) is 19.4 Å². The molecular weight excluding hydrogens is 388 g/mol. The Kier molecular flexibility index (Phi) is 6.33. The number of para-hydroxylation sites is 1. The third kappa shape index (κ3) is 4.48. The highest BCUT2D eigenvalue weighted by Gasteiger charge is 2.21. The first-order valence-corrected chi connectivity index (χ1v) is 10.1. The number of aryl methyl sites for hydroxylation is 1. The number of fused-ring (bicyclic) bond motifs is 1. The van der Waals surface area contributed by atoms with Gasteiger partial charge in [-0.1, -0.05) is 43.0 Å². The number of carbonyl (C=O) groups is 2. The van der Waals surface area contributed by atoms with Crippen molar-refractivity contribution in [2.24, 2.45) is 0 Å². The minimum Gasteiger partial charge on any atom is -0.341 e. The Labute approximate surface area is 172 Å². The lowest BCUT2D eigenvalue weighted by atomic mass is 10.1. The zero-order valence-corrected chi connectivity index (χ0v) is 17.2. The van der Waals surface area contributed by atoms with E-state index in [-0.39, 0.29) is 5.56 Å². The molecule has 0 fully saturated rings. The van der Waals surface area contributed by atoms with E-state index in [1.807, 2.05) is 30.3 Å². The van der Waals surface area contributed by atoms with Crippen molar-refractivity contribution in [1.82, 2.24) is 20.2 Å². The Balaban J connectivity index is 2.08. The SMILES string of the molecule is CCc1ccc(-n2c(SC(C)C(=O)NC(=O)NC)nc3ccccc3c2=O)cc1. The number of amides is 3. The van der Waals surface area contributed by atoms with E-state index in [1.54, 1.807) is 25.1 Å². The molecule has 3 amide bonds. The molecule has 2 N–H and O–H groups in total. The fourth-order valence-corrected chi connectivity index (χ4v) is 3.71. The summed E-state index contributed by atoms with van der Waals surface area (Å²) in [6, 6.07) is 14.2. The van der Waals surface area contributed by atoms with Crippen molar-refractivity contribution in [2.45, 2.75) is 30.7 Å². The second kappa shape index (κ2) is 8.91. The summed E-state index contributed by atoms with van der Waals surface area (Å²) in [6.07, 6.45) is 0.892. The summed E-state index contributed by atoms with van der Waals surface area (Å²) in [5, 5.41) is 4.84. The van der Waals surface area contributed by atoms with Crippen LogP contribution in [0, 0.1) is 0 Å². The molecule has 1 atom stereocenters. The van der Waals surface area contributed by atoms with Crippen LogP contribution in [0.3, 0.4) is 0 Å². The van der Waals surface area contributed by atoms with E-state index < -0.39 is 17.2 Å². The average molecular weight is 410 g/mol. The summed E-state index contributed by atoms with van der Waals surface area (Å²) in [6.45, 7) is 3.72. The van der Waals surface area contributed by atoms with E-state index in [4.69, 9.17) is 0 Å². The second-order valence-corrected chi connectivity index (χ2v) is 7.71. The van der Waals surface area contributed by atoms with Crippen LogP contribution in [0.15, 0.2) is 58.5 Å². The predicted octanol–water partition coefficient (Wildman–Crippen LogP) is 2.88. The molecule has 0 radical (unpaired) electrons. The minimum atomic E-state index is -0.637. The van der Waals surface area contributed by atoms with Gasteiger partial charge in [0.2, 0.25) is 5.91 Å². The van der Waals surface area contributed by atoms with Crippen molar-refractivity contribution < 1.29 is 9.59 Å². The second-order valence-electron chi connectivity index (χ2n) is 6.40. The maximum atomic E-state index is 13.2. The number of imide groups is 1. The Morgan fingerprint density at radius 1 is 1.14 bits per heavy atom. The highest BCUT2D eigenvalue weighted by molar-refractivity contribution is 8.00. The van der Waals surface area contributed by atoms with E-state index in [0.29, 0.717) is 21.7 Å². The number of rotatable bonds is 5. The average Bonchev–Trinajstić information content (AvgIpc) is 2.74. The number of carbonyl (C=O) groups excluding carboxylic acids is 2. The number of urea groups is 1. The summed E-state index contributed by atoms with van der Waals surface area (Å²) in [5.41, 5.74) is 2.18. The lowest BCUT2D eigenvalue weighted by Crippen LogP contribution is -2.41. The quantitative estimate of drug-likeness (QED) is 0.498. The van der Waals surface area contributed by atoms with Crippen molar-refractivity contribution in [3.8, 4) is 5.69 Å². The maximum absolute atomic E-state index is 13.2. The first kappa shape index (κ1) is 20.6. The molecule has 1 heterocycles. The molecule has 8 heteroatoms. The molecule has 7 nitrogen and oxygen atoms in total. The van der Waals surface area contributed by atoms with Crippen LogP contribution in [0.25, 0.3) is 16.6 Å². The van der Waals surface area contributed by atoms with Gasteiger partial charge in [-0.3, -0.25) is 19.5 Å². The number of hydrogen-bond donors (Lipinski definition) is 2. The topological polar surface area (TPSA) is 93.1 Å². The Bertz CT molecular complexity index is 1110. The van der Waals surface area contributed by atoms with Gasteiger partial charge < -0.3 is 5.32 Å². The number of nitrogens with one attached hydrogen (secondary N) is 2. The van der Waals surface area contributed by atoms with E-state index in [2.05, 4.69) is 22.5 Å². The number of nitrogens with zero attached hydrogens (tertiary/aromatic N) is 2. The van der Waals surface area contributed by atoms with Crippen LogP contribution >= 0.6 is 11.8 Å². The number of thioether (sulfide) groups is 1. The summed E-state index contributed by atoms with van der Waals surface area (Å²) in [4.78, 5) is 41.6. The molecule has 0 aliphatic rings. The third-order valence-corrected chi connectivity index (χ3v) is 5.52. The third-order valence-electron chi connectivity index (χ3n) is 4.46. The van der Waals surface area contributed by atoms with E-state index in [1.165, 1.54) is 11.6 Å². The summed E-state index contributed by atoms with van der Waals surface area (Å²) < 4.78 is 1.51. The largest absolute Gasteiger partial charge is 0.341 e. The molecule has 0 aliphatic carbocycles. The number of hydrogen-bond acceptors (Lipinski definition) is 5. The summed E-state index contributed by atoms with van der Waals surface area (Å²) >= 11 is 1.12. The number of benzene rings is 2. The molecule has 1 aromatic heterocycles. The first-order valence-electron chi connectivity index (χ1n) is 9.25. The van der Waals surface area contributed by atoms with Crippen LogP contribution < -0.4 is 16.2 Å². The lowest BCUT2D eigenvalue weighted by molar-refractivity contribution is -0.119. The van der Waals surface area contributed by atoms with Gasteiger partial charge in [-0.25, -0.2) is 9.78 Å². The molecular formula is C21H22N4O3S. The molecule has 3 rings (SSSR count). The summed E-state index contributed by atoms with van der Waals surface area (Å²) in [5.74, 6) is -0.468. The van der Waals surface area contributed by atoms with Gasteiger partial charge in [0.1, 0.15) is 0 Å². The van der Waals surface area contributed by atoms with Gasteiger partial charge in [-0.2, -0.15) is 0 Å². The lowest BCUT2D eigenvalue weighted by Gasteiger charge is -2.16. The van der Waals surface area contributed by atoms with Crippen LogP contribution in [0.5, 0.6) is 0 Å². The first-order chi connectivity index (χ1) is 13.9. The van der Waals surface area contributed by atoms with Crippen molar-refractivity contribution in [3.05, 3.63) is 64.4 Å². The Morgan fingerprint density at radius 2 is 1.83 bits per heavy atom. The highest BCUT2D eigenvalue weighted by atomic mass is 32.2. The Hall–Kier alpha value is -3.13. The van der Waals surface area contributed by atoms with Crippen molar-refractivity contribution >= 4 is 34.6 Å². The minimum absolute atomic E-state index is 0.207. The van der Waals surface area contributed by atoms with E-state index >= 15 is 0 Å². The van der Waals surface area contributed by atoms with Crippen molar-refractivity contribution in [3.63, 3.8) is 0 Å². The maximum Gasteiger partial charge on any atom is 0.321 e. The summed E-state index contributed by atoms with van der Waals surface area (Å²) in [7, 11) is 1.43. The van der Waals surface area contributed by atoms with Crippen LogP contribution in [-0.2, 0) is 11.2 Å². The predicted molar refractivity (Wildman–Crippen MR) is 115 cm³/mol. The smallest absolute Gasteiger partial charge is 0.321 e. The van der Waals surface area contributed by atoms with Crippen molar-refractivity contribution in [1.29, 1.82) is 0 Å². The fraction of sp³-hybridized carbons (Fsp3) is 0.238. The molecule has 0 saturated carbocycles. The Morgan fingerprint density at radius 3 is 2.48 bits per heavy atom. The zero-order valence-electron chi connectivity index (χ0n) is 16.4. The van der Waals surface area contributed by atoms with Gasteiger partial charge in [-0.15, -0.1) is 0 Å². The van der Waals surface area contributed by atoms with Gasteiger partial charge in [0.05, 0.1) is 21.8 Å². The molecule has 2 aromatic carbocycles. The molecule has 1 unspecified atom stereocenters. The highest BCUT2D eigenvalue weighted by Crippen LogP contribution is 2.25. The molecule has 29 heavy (non-hydrogen) atoms. The van der Waals surface area contributed by atoms with Gasteiger partial charge in [0.15, 0.2) is 5.16 Å². The standard InChI is InChI=1S/C21H22N4O3S/c1-4-14-9-11-15(12-10-14)25-19(27)16-7-5-6-8-17(16)23-21(25)29-13(2)18(26)24-20(28)22-3/h5-13H,4H2,1-3H3,(H2,22,24,26,28). The van der Waals surface area contributed by atoms with Crippen LogP contribution in [0.2, 0.25) is 0 Å². The van der Waals surface area contributed by atoms with Crippen LogP contribution in [-0.4, -0.2) is 33.8 Å². The van der Waals surface area contributed by atoms with Gasteiger partial charge in [0.25, 0.3) is 5.56 Å². The van der Waals surface area contributed by atoms with Gasteiger partial charge >= 0.3 is 6.03 Å². The van der Waals surface area contributed by atoms with Crippen molar-refractivity contribution in [2.75, 3.05) is 7.05 Å². The molecule has 150 valence electrons. The molecule has 0 saturated heterocycles. The zero-order chi connectivity index (χ0) is 21.0. The monoisotopic (exact) mass is 410 g/mol. The van der Waals surface area contributed by atoms with Gasteiger partial charge in [0, 0.05) is 7.05 Å². The van der Waals surface area contributed by atoms with E-state index in [0.717, 1.165) is 23.7 Å². The van der Waals surface area contributed by atoms with E-state index in [9.17, 15) is 14.4 Å². The fourth-order valence-electron chi connectivity index (χ4n) is 2.79. The number of aromatic nitrogens is 2. The molecule has 0 bridgehead atoms. The normalized spacial score (nSPS) is 11.8.